The van der Waals surface area contributed by atoms with Gasteiger partial charge in [-0.3, -0.25) is 29.2 Å². The zero-order chi connectivity index (χ0) is 45.6. The normalized spacial score (nSPS) is 23.7. The molecular formula is C47H46F3N9O6S. The fourth-order valence-corrected chi connectivity index (χ4v) is 12.0. The lowest BCUT2D eigenvalue weighted by Crippen LogP contribution is -2.52. The second-order valence-corrected chi connectivity index (χ2v) is 20.2. The van der Waals surface area contributed by atoms with Crippen molar-refractivity contribution in [3.8, 4) is 11.1 Å². The van der Waals surface area contributed by atoms with Gasteiger partial charge in [0.25, 0.3) is 5.91 Å². The second-order valence-electron chi connectivity index (χ2n) is 18.5. The van der Waals surface area contributed by atoms with Crippen LogP contribution in [-0.4, -0.2) is 127 Å². The number of carbonyl (C=O) groups is 4. The van der Waals surface area contributed by atoms with E-state index in [1.54, 1.807) is 17.2 Å². The predicted molar refractivity (Wildman–Crippen MR) is 239 cm³/mol. The topological polar surface area (TPSA) is 171 Å². The van der Waals surface area contributed by atoms with Gasteiger partial charge in [0.15, 0.2) is 5.82 Å². The molecule has 5 aromatic rings. The van der Waals surface area contributed by atoms with E-state index in [1.165, 1.54) is 6.20 Å². The monoisotopic (exact) mass is 921 g/mol. The van der Waals surface area contributed by atoms with Gasteiger partial charge in [-0.25, -0.2) is 18.2 Å². The van der Waals surface area contributed by atoms with Crippen LogP contribution in [0.3, 0.4) is 0 Å². The molecule has 6 aliphatic rings. The SMILES string of the molecule is O=C1CC[C@H](N2Cc3cc(N4CC(CN5C[C@@H]6CN(c7ccc(-c8cnc9[nH]cc(C(=O)c%10c(F)ccc(NS(=O)(=O)N%11CC[C@@H](F)C%11)c%10F)c9c8)cc7)C[C@@H]6C5)C4)ccc3C2=O)C(=O)N1. The summed E-state index contributed by atoms with van der Waals surface area (Å²) in [5, 5.41) is 2.70. The Bertz CT molecular complexity index is 2930. The van der Waals surface area contributed by atoms with Gasteiger partial charge >= 0.3 is 10.2 Å². The van der Waals surface area contributed by atoms with Gasteiger partial charge in [-0.15, -0.1) is 0 Å². The first-order valence-electron chi connectivity index (χ1n) is 22.3. The Labute approximate surface area is 378 Å². The number of nitrogens with zero attached hydrogens (tertiary/aromatic N) is 6. The lowest BCUT2D eigenvalue weighted by atomic mass is 9.97. The van der Waals surface area contributed by atoms with E-state index in [0.717, 1.165) is 84.8 Å². The van der Waals surface area contributed by atoms with Crippen LogP contribution >= 0.6 is 0 Å². The number of ketones is 1. The number of hydrogen-bond acceptors (Lipinski definition) is 10. The molecule has 0 aliphatic carbocycles. The highest BCUT2D eigenvalue weighted by molar-refractivity contribution is 7.90. The van der Waals surface area contributed by atoms with Crippen LogP contribution in [0.15, 0.2) is 73.1 Å². The van der Waals surface area contributed by atoms with E-state index in [1.807, 2.05) is 29.0 Å². The molecule has 0 radical (unpaired) electrons. The van der Waals surface area contributed by atoms with Gasteiger partial charge in [0.1, 0.15) is 23.7 Å². The lowest BCUT2D eigenvalue weighted by molar-refractivity contribution is -0.136. The van der Waals surface area contributed by atoms with E-state index in [-0.39, 0.29) is 43.3 Å². The minimum absolute atomic E-state index is 0.00434. The van der Waals surface area contributed by atoms with Crippen molar-refractivity contribution in [1.29, 1.82) is 0 Å². The number of pyridine rings is 1. The summed E-state index contributed by atoms with van der Waals surface area (Å²) in [5.41, 5.74) is 3.98. The number of benzene rings is 3. The number of nitrogens with one attached hydrogen (secondary N) is 3. The van der Waals surface area contributed by atoms with Crippen molar-refractivity contribution in [2.24, 2.45) is 17.8 Å². The Hall–Kier alpha value is -6.31. The molecular weight excluding hydrogens is 876 g/mol. The summed E-state index contributed by atoms with van der Waals surface area (Å²) in [6, 6.07) is 16.9. The van der Waals surface area contributed by atoms with Gasteiger partial charge in [0, 0.05) is 124 Å². The third kappa shape index (κ3) is 7.55. The molecule has 8 heterocycles. The van der Waals surface area contributed by atoms with Crippen molar-refractivity contribution < 1.29 is 40.8 Å². The first-order valence-corrected chi connectivity index (χ1v) is 23.7. The van der Waals surface area contributed by atoms with Crippen LogP contribution in [0.4, 0.5) is 30.2 Å². The van der Waals surface area contributed by atoms with Crippen LogP contribution in [0.1, 0.15) is 51.1 Å². The Morgan fingerprint density at radius 2 is 1.59 bits per heavy atom. The van der Waals surface area contributed by atoms with E-state index in [0.29, 0.717) is 52.9 Å². The molecule has 19 heteroatoms. The number of aromatic amines is 1. The molecule has 0 spiro atoms. The Balaban J connectivity index is 0.691. The van der Waals surface area contributed by atoms with Crippen molar-refractivity contribution >= 4 is 61.8 Å². The minimum atomic E-state index is -4.35. The zero-order valence-electron chi connectivity index (χ0n) is 35.7. The highest BCUT2D eigenvalue weighted by Gasteiger charge is 2.43. The molecule has 3 N–H and O–H groups in total. The van der Waals surface area contributed by atoms with E-state index in [9.17, 15) is 32.0 Å². The number of aromatic nitrogens is 2. The number of anilines is 3. The molecule has 0 unspecified atom stereocenters. The third-order valence-corrected chi connectivity index (χ3v) is 15.7. The largest absolute Gasteiger partial charge is 0.371 e. The summed E-state index contributed by atoms with van der Waals surface area (Å²) in [4.78, 5) is 67.3. The number of carbonyl (C=O) groups excluding carboxylic acids is 4. The highest BCUT2D eigenvalue weighted by atomic mass is 32.2. The number of imide groups is 1. The minimum Gasteiger partial charge on any atom is -0.371 e. The number of H-pyrrole nitrogens is 1. The number of likely N-dealkylation sites (tertiary alicyclic amines) is 1. The summed E-state index contributed by atoms with van der Waals surface area (Å²) in [6.07, 6.45) is 2.21. The molecule has 66 heavy (non-hydrogen) atoms. The Kier molecular flexibility index (Phi) is 10.4. The summed E-state index contributed by atoms with van der Waals surface area (Å²) >= 11 is 0. The number of amides is 3. The molecule has 342 valence electrons. The smallest absolute Gasteiger partial charge is 0.301 e. The number of rotatable bonds is 11. The standard InChI is InChI=1S/C47H46F3N9O6S/c48-32-11-12-58(25-32)66(64,65)54-39-8-7-38(49)42(43(39)50)44(61)37-16-52-45-36(37)14-28(15-51-45)27-1-3-33(4-2-27)57-22-30-20-55(21-31(30)23-57)17-26-18-56(19-26)34-5-6-35-29(13-34)24-59(47(35)63)40-9-10-41(60)53-46(40)62/h1-8,13-16,26,30-32,40,54H,9-12,17-25H2,(H,51,52)(H,53,60,62)/t30-,31+,32-,40+/m1/s1. The molecule has 6 aliphatic heterocycles. The van der Waals surface area contributed by atoms with Gasteiger partial charge in [-0.05, 0) is 84.3 Å². The van der Waals surface area contributed by atoms with E-state index < -0.39 is 57.0 Å². The van der Waals surface area contributed by atoms with Crippen LogP contribution < -0.4 is 19.8 Å². The van der Waals surface area contributed by atoms with Crippen molar-refractivity contribution in [2.75, 3.05) is 73.4 Å². The summed E-state index contributed by atoms with van der Waals surface area (Å²) < 4.78 is 73.2. The van der Waals surface area contributed by atoms with Crippen LogP contribution in [-0.2, 0) is 26.3 Å². The Morgan fingerprint density at radius 1 is 0.848 bits per heavy atom. The van der Waals surface area contributed by atoms with Crippen LogP contribution in [0.2, 0.25) is 0 Å². The van der Waals surface area contributed by atoms with Gasteiger partial charge < -0.3 is 24.6 Å². The molecule has 3 amide bonds. The van der Waals surface area contributed by atoms with Gasteiger partial charge in [-0.1, -0.05) is 12.1 Å². The van der Waals surface area contributed by atoms with Crippen molar-refractivity contribution in [1.82, 2.24) is 29.4 Å². The fourth-order valence-electron chi connectivity index (χ4n) is 10.8. The highest BCUT2D eigenvalue weighted by Crippen LogP contribution is 2.38. The maximum atomic E-state index is 15.8. The summed E-state index contributed by atoms with van der Waals surface area (Å²) in [6.45, 7) is 6.81. The number of fused-ring (bicyclic) bond motifs is 3. The van der Waals surface area contributed by atoms with E-state index in [4.69, 9.17) is 0 Å². The average Bonchev–Trinajstić information content (AvgIpc) is 4.12. The molecule has 3 aromatic carbocycles. The molecule has 11 rings (SSSR count). The maximum absolute atomic E-state index is 15.8. The van der Waals surface area contributed by atoms with Crippen LogP contribution in [0, 0.1) is 29.4 Å². The second kappa shape index (κ2) is 16.2. The predicted octanol–water partition coefficient (Wildman–Crippen LogP) is 4.71. The van der Waals surface area contributed by atoms with E-state index in [2.05, 4.69) is 48.2 Å². The quantitative estimate of drug-likeness (QED) is 0.125. The first-order chi connectivity index (χ1) is 31.8. The first kappa shape index (κ1) is 42.3. The molecule has 0 saturated carbocycles. The Morgan fingerprint density at radius 3 is 2.32 bits per heavy atom. The zero-order valence-corrected chi connectivity index (χ0v) is 36.5. The molecule has 0 bridgehead atoms. The van der Waals surface area contributed by atoms with Gasteiger partial charge in [0.2, 0.25) is 17.6 Å². The molecule has 5 saturated heterocycles. The van der Waals surface area contributed by atoms with E-state index >= 15 is 8.78 Å². The van der Waals surface area contributed by atoms with Crippen molar-refractivity contribution in [2.45, 2.75) is 38.0 Å². The average molecular weight is 922 g/mol. The number of hydrogen-bond donors (Lipinski definition) is 3. The van der Waals surface area contributed by atoms with Gasteiger partial charge in [-0.2, -0.15) is 12.7 Å². The summed E-state index contributed by atoms with van der Waals surface area (Å²) in [7, 11) is -4.35. The van der Waals surface area contributed by atoms with Crippen molar-refractivity contribution in [3.63, 3.8) is 0 Å². The molecule has 15 nitrogen and oxygen atoms in total. The molecule has 4 atom stereocenters. The van der Waals surface area contributed by atoms with Crippen LogP contribution in [0.25, 0.3) is 22.2 Å². The molecule has 2 aromatic heterocycles. The van der Waals surface area contributed by atoms with Crippen molar-refractivity contribution in [3.05, 3.63) is 107 Å². The summed E-state index contributed by atoms with van der Waals surface area (Å²) in [5.74, 6) is -2.74. The number of alkyl halides is 1. The van der Waals surface area contributed by atoms with Gasteiger partial charge in [0.05, 0.1) is 11.3 Å². The lowest BCUT2D eigenvalue weighted by Gasteiger charge is -2.43. The fraction of sp³-hybridized carbons (Fsp3) is 0.383. The maximum Gasteiger partial charge on any atom is 0.301 e. The molecule has 5 fully saturated rings. The van der Waals surface area contributed by atoms with Crippen LogP contribution in [0.5, 0.6) is 0 Å². The number of halogens is 3. The number of piperidine rings is 1. The third-order valence-electron chi connectivity index (χ3n) is 14.2.